The summed E-state index contributed by atoms with van der Waals surface area (Å²) in [7, 11) is 0. The van der Waals surface area contributed by atoms with Crippen LogP contribution in [0.25, 0.3) is 0 Å². The van der Waals surface area contributed by atoms with Crippen molar-refractivity contribution in [2.45, 2.75) is 53.5 Å². The van der Waals surface area contributed by atoms with E-state index in [2.05, 4.69) is 20.8 Å². The molecule has 16 heavy (non-hydrogen) atoms. The monoisotopic (exact) mass is 225 g/mol. The largest absolute Gasteiger partial charge is 0.337 e. The van der Waals surface area contributed by atoms with E-state index in [0.29, 0.717) is 6.54 Å². The van der Waals surface area contributed by atoms with Crippen molar-refractivity contribution >= 4 is 11.7 Å². The molecule has 1 atom stereocenters. The second-order valence-corrected chi connectivity index (χ2v) is 6.74. The molecule has 0 bridgehead atoms. The van der Waals surface area contributed by atoms with Gasteiger partial charge in [0.05, 0.1) is 6.42 Å². The predicted molar refractivity (Wildman–Crippen MR) is 64.0 cm³/mol. The Bertz CT molecular complexity index is 277. The molecule has 0 N–H and O–H groups in total. The molecule has 1 aliphatic rings. The van der Waals surface area contributed by atoms with Crippen LogP contribution in [0.1, 0.15) is 48.0 Å². The minimum absolute atomic E-state index is 0.0296. The van der Waals surface area contributed by atoms with Crippen molar-refractivity contribution in [1.29, 1.82) is 0 Å². The summed E-state index contributed by atoms with van der Waals surface area (Å²) in [6, 6.07) is 0. The molecule has 3 nitrogen and oxygen atoms in total. The maximum Gasteiger partial charge on any atom is 0.230 e. The van der Waals surface area contributed by atoms with E-state index in [4.69, 9.17) is 0 Å². The molecule has 0 spiro atoms. The molecule has 0 aromatic heterocycles. The van der Waals surface area contributed by atoms with Gasteiger partial charge >= 0.3 is 0 Å². The number of hydrogen-bond donors (Lipinski definition) is 0. The molecule has 0 aromatic carbocycles. The number of amides is 1. The van der Waals surface area contributed by atoms with E-state index in [1.54, 1.807) is 0 Å². The Hall–Kier alpha value is -0.860. The quantitative estimate of drug-likeness (QED) is 0.593. The van der Waals surface area contributed by atoms with Crippen LogP contribution in [0.5, 0.6) is 0 Å². The number of hydrogen-bond acceptors (Lipinski definition) is 2. The molecule has 1 unspecified atom stereocenters. The average Bonchev–Trinajstić information content (AvgIpc) is 1.97. The summed E-state index contributed by atoms with van der Waals surface area (Å²) >= 11 is 0. The molecule has 1 amide bonds. The fraction of sp³-hybridized carbons (Fsp3) is 0.846. The number of piperidine rings is 1. The summed E-state index contributed by atoms with van der Waals surface area (Å²) in [6.45, 7) is 12.8. The van der Waals surface area contributed by atoms with Crippen LogP contribution in [0.4, 0.5) is 0 Å². The Morgan fingerprint density at radius 1 is 1.06 bits per heavy atom. The number of rotatable bonds is 0. The van der Waals surface area contributed by atoms with Gasteiger partial charge in [-0.2, -0.15) is 0 Å². The van der Waals surface area contributed by atoms with E-state index in [9.17, 15) is 9.59 Å². The number of carbonyl (C=O) groups excluding carboxylic acids is 2. The van der Waals surface area contributed by atoms with Crippen LogP contribution >= 0.6 is 0 Å². The van der Waals surface area contributed by atoms with Gasteiger partial charge in [-0.1, -0.05) is 20.8 Å². The molecular weight excluding hydrogens is 202 g/mol. The second kappa shape index (κ2) is 3.86. The predicted octanol–water partition coefficient (Wildman–Crippen LogP) is 2.25. The van der Waals surface area contributed by atoms with Crippen LogP contribution < -0.4 is 0 Å². The van der Waals surface area contributed by atoms with Crippen molar-refractivity contribution in [3.63, 3.8) is 0 Å². The zero-order valence-electron chi connectivity index (χ0n) is 11.3. The molecule has 0 aromatic rings. The van der Waals surface area contributed by atoms with Crippen LogP contribution in [0, 0.1) is 11.3 Å². The lowest BCUT2D eigenvalue weighted by Crippen LogP contribution is -2.55. The van der Waals surface area contributed by atoms with E-state index in [1.165, 1.54) is 0 Å². The van der Waals surface area contributed by atoms with Gasteiger partial charge in [-0.25, -0.2) is 0 Å². The molecular formula is C13H23NO2. The van der Waals surface area contributed by atoms with Crippen LogP contribution in [0.15, 0.2) is 0 Å². The number of likely N-dealkylation sites (tertiary alicyclic amines) is 1. The van der Waals surface area contributed by atoms with Crippen molar-refractivity contribution in [2.75, 3.05) is 6.54 Å². The molecule has 1 saturated heterocycles. The molecule has 1 rings (SSSR count). The lowest BCUT2D eigenvalue weighted by atomic mass is 9.74. The van der Waals surface area contributed by atoms with Crippen LogP contribution in [-0.2, 0) is 9.59 Å². The van der Waals surface area contributed by atoms with E-state index < -0.39 is 0 Å². The number of ketones is 1. The van der Waals surface area contributed by atoms with Crippen molar-refractivity contribution in [3.05, 3.63) is 0 Å². The SMILES string of the molecule is CC(C)(C)C1CN(C(C)(C)C)C(=O)CC1=O. The maximum atomic E-state index is 11.9. The van der Waals surface area contributed by atoms with Crippen molar-refractivity contribution < 1.29 is 9.59 Å². The van der Waals surface area contributed by atoms with Gasteiger partial charge in [0, 0.05) is 18.0 Å². The summed E-state index contributed by atoms with van der Waals surface area (Å²) in [5.41, 5.74) is -0.261. The third kappa shape index (κ3) is 2.63. The summed E-state index contributed by atoms with van der Waals surface area (Å²) in [5.74, 6) is 0.0282. The minimum Gasteiger partial charge on any atom is -0.337 e. The van der Waals surface area contributed by atoms with Crippen molar-refractivity contribution in [3.8, 4) is 0 Å². The zero-order valence-corrected chi connectivity index (χ0v) is 11.3. The lowest BCUT2D eigenvalue weighted by molar-refractivity contribution is -0.149. The first-order chi connectivity index (χ1) is 7.03. The number of Topliss-reactive ketones (excluding diaryl/α,β-unsaturated/α-hetero) is 1. The number of carbonyl (C=O) groups is 2. The molecule has 0 saturated carbocycles. The minimum atomic E-state index is -0.193. The summed E-state index contributed by atoms with van der Waals surface area (Å²) in [4.78, 5) is 25.5. The third-order valence-electron chi connectivity index (χ3n) is 3.24. The Kier molecular flexibility index (Phi) is 3.19. The molecule has 0 aliphatic carbocycles. The third-order valence-corrected chi connectivity index (χ3v) is 3.24. The van der Waals surface area contributed by atoms with Crippen molar-refractivity contribution in [2.24, 2.45) is 11.3 Å². The molecule has 0 radical (unpaired) electrons. The highest BCUT2D eigenvalue weighted by molar-refractivity contribution is 6.02. The molecule has 1 aliphatic heterocycles. The summed E-state index contributed by atoms with van der Waals surface area (Å²) in [6.07, 6.45) is 0.0687. The van der Waals surface area contributed by atoms with Crippen LogP contribution in [0.2, 0.25) is 0 Å². The van der Waals surface area contributed by atoms with Gasteiger partial charge in [0.2, 0.25) is 5.91 Å². The average molecular weight is 225 g/mol. The number of nitrogens with zero attached hydrogens (tertiary/aromatic N) is 1. The van der Waals surface area contributed by atoms with Crippen LogP contribution in [0.3, 0.4) is 0 Å². The highest BCUT2D eigenvalue weighted by Crippen LogP contribution is 2.33. The zero-order chi connectivity index (χ0) is 12.7. The first-order valence-electron chi connectivity index (χ1n) is 5.86. The normalized spacial score (nSPS) is 23.9. The van der Waals surface area contributed by atoms with E-state index in [1.807, 2.05) is 25.7 Å². The summed E-state index contributed by atoms with van der Waals surface area (Å²) in [5, 5.41) is 0. The van der Waals surface area contributed by atoms with Gasteiger partial charge < -0.3 is 4.90 Å². The molecule has 3 heteroatoms. The van der Waals surface area contributed by atoms with Gasteiger partial charge in [-0.3, -0.25) is 9.59 Å². The van der Waals surface area contributed by atoms with Gasteiger partial charge in [0.1, 0.15) is 5.78 Å². The highest BCUT2D eigenvalue weighted by Gasteiger charge is 2.42. The van der Waals surface area contributed by atoms with Gasteiger partial charge in [-0.15, -0.1) is 0 Å². The Labute approximate surface area is 98.2 Å². The fourth-order valence-electron chi connectivity index (χ4n) is 2.16. The Morgan fingerprint density at radius 2 is 1.56 bits per heavy atom. The van der Waals surface area contributed by atoms with E-state index >= 15 is 0 Å². The first-order valence-corrected chi connectivity index (χ1v) is 5.86. The fourth-order valence-corrected chi connectivity index (χ4v) is 2.16. The van der Waals surface area contributed by atoms with Crippen molar-refractivity contribution in [1.82, 2.24) is 4.90 Å². The first kappa shape index (κ1) is 13.2. The molecule has 1 heterocycles. The lowest BCUT2D eigenvalue weighted by Gasteiger charge is -2.44. The topological polar surface area (TPSA) is 37.4 Å². The van der Waals surface area contributed by atoms with Gasteiger partial charge in [0.15, 0.2) is 0 Å². The standard InChI is InChI=1S/C13H23NO2/c1-12(2,3)9-8-14(13(4,5)6)11(16)7-10(9)15/h9H,7-8H2,1-6H3. The summed E-state index contributed by atoms with van der Waals surface area (Å²) < 4.78 is 0. The van der Waals surface area contributed by atoms with Gasteiger partial charge in [0.25, 0.3) is 0 Å². The highest BCUT2D eigenvalue weighted by atomic mass is 16.2. The molecule has 92 valence electrons. The Balaban J connectivity index is 2.94. The smallest absolute Gasteiger partial charge is 0.230 e. The second-order valence-electron chi connectivity index (χ2n) is 6.74. The van der Waals surface area contributed by atoms with E-state index in [-0.39, 0.29) is 35.0 Å². The maximum absolute atomic E-state index is 11.9. The van der Waals surface area contributed by atoms with Gasteiger partial charge in [-0.05, 0) is 26.2 Å². The Morgan fingerprint density at radius 3 is 1.94 bits per heavy atom. The van der Waals surface area contributed by atoms with E-state index in [0.717, 1.165) is 0 Å². The molecule has 1 fully saturated rings. The van der Waals surface area contributed by atoms with Crippen LogP contribution in [-0.4, -0.2) is 28.7 Å².